The van der Waals surface area contributed by atoms with Gasteiger partial charge in [-0.2, -0.15) is 9.97 Å². The van der Waals surface area contributed by atoms with Crippen LogP contribution < -0.4 is 5.73 Å². The lowest BCUT2D eigenvalue weighted by Crippen LogP contribution is -2.54. The molecular weight excluding hydrogens is 548 g/mol. The molecule has 16 heteroatoms. The lowest BCUT2D eigenvalue weighted by molar-refractivity contribution is -0.195. The molecule has 15 nitrogen and oxygen atoms in total. The number of azide groups is 1. The molecule has 4 rings (SSSR count). The molecule has 1 saturated heterocycles. The first-order valence-electron chi connectivity index (χ1n) is 12.3. The van der Waals surface area contributed by atoms with Crippen LogP contribution >= 0.6 is 11.6 Å². The van der Waals surface area contributed by atoms with E-state index in [-0.39, 0.29) is 41.9 Å². The van der Waals surface area contributed by atoms with E-state index in [2.05, 4.69) is 25.0 Å². The Kier molecular flexibility index (Phi) is 9.02. The number of rotatable bonds is 11. The Bertz CT molecular complexity index is 1400. The van der Waals surface area contributed by atoms with Gasteiger partial charge in [-0.1, -0.05) is 35.4 Å². The molecule has 3 N–H and O–H groups in total. The van der Waals surface area contributed by atoms with Crippen LogP contribution in [0.4, 0.5) is 5.82 Å². The highest BCUT2D eigenvalue weighted by Gasteiger charge is 2.53. The van der Waals surface area contributed by atoms with Crippen molar-refractivity contribution >= 4 is 40.5 Å². The van der Waals surface area contributed by atoms with Gasteiger partial charge in [0.1, 0.15) is 11.6 Å². The smallest absolute Gasteiger partial charge is 0.350 e. The summed E-state index contributed by atoms with van der Waals surface area (Å²) in [6.07, 6.45) is -2.61. The highest BCUT2D eigenvalue weighted by Crippen LogP contribution is 2.35. The number of anilines is 1. The first-order chi connectivity index (χ1) is 19.2. The number of halogens is 1. The highest BCUT2D eigenvalue weighted by atomic mass is 35.5. The Labute approximate surface area is 232 Å². The molecule has 0 amide bonds. The van der Waals surface area contributed by atoms with Gasteiger partial charge in [0.25, 0.3) is 5.60 Å². The number of nitrogen functional groups attached to an aromatic ring is 1. The molecule has 0 bridgehead atoms. The van der Waals surface area contributed by atoms with Crippen LogP contribution in [0.5, 0.6) is 0 Å². The Morgan fingerprint density at radius 1 is 1.23 bits per heavy atom. The largest absolute Gasteiger partial charge is 0.463 e. The van der Waals surface area contributed by atoms with Gasteiger partial charge in [0.05, 0.1) is 38.3 Å². The average molecular weight is 575 g/mol. The quantitative estimate of drug-likeness (QED) is 0.0845. The monoisotopic (exact) mass is 574 g/mol. The second kappa shape index (κ2) is 12.4. The van der Waals surface area contributed by atoms with Gasteiger partial charge in [0.2, 0.25) is 5.28 Å². The highest BCUT2D eigenvalue weighted by molar-refractivity contribution is 6.28. The summed E-state index contributed by atoms with van der Waals surface area (Å²) in [5, 5.41) is 14.6. The summed E-state index contributed by atoms with van der Waals surface area (Å²) in [4.78, 5) is 41.5. The van der Waals surface area contributed by atoms with Crippen molar-refractivity contribution < 1.29 is 33.6 Å². The molecule has 2 aromatic heterocycles. The minimum absolute atomic E-state index is 0.0160. The number of aliphatic hydroxyl groups is 1. The SMILES string of the molecule is CCOC(=O)C(Cc1ccccc1)(OC[C@H]1O[C@@H](n2cnc3c(N)nc(Cl)nc32)[C@H](O)C1N=[N+]=[N-])C(=O)OCC. The van der Waals surface area contributed by atoms with Crippen molar-refractivity contribution in [3.05, 3.63) is 57.9 Å². The third-order valence-corrected chi connectivity index (χ3v) is 6.39. The van der Waals surface area contributed by atoms with Gasteiger partial charge in [-0.3, -0.25) is 4.57 Å². The van der Waals surface area contributed by atoms with Crippen molar-refractivity contribution in [3.8, 4) is 0 Å². The normalized spacial score (nSPS) is 20.7. The predicted molar refractivity (Wildman–Crippen MR) is 140 cm³/mol. The van der Waals surface area contributed by atoms with Crippen molar-refractivity contribution in [2.45, 2.75) is 50.3 Å². The number of nitrogens with two attached hydrogens (primary N) is 1. The Morgan fingerprint density at radius 3 is 2.52 bits per heavy atom. The zero-order valence-electron chi connectivity index (χ0n) is 21.6. The molecule has 4 atom stereocenters. The minimum Gasteiger partial charge on any atom is -0.463 e. The number of benzene rings is 1. The van der Waals surface area contributed by atoms with Gasteiger partial charge in [-0.05, 0) is 36.5 Å². The summed E-state index contributed by atoms with van der Waals surface area (Å²) in [7, 11) is 0. The molecule has 0 saturated carbocycles. The van der Waals surface area contributed by atoms with Gasteiger partial charge in [0, 0.05) is 11.3 Å². The van der Waals surface area contributed by atoms with Gasteiger partial charge in [-0.25, -0.2) is 14.6 Å². The van der Waals surface area contributed by atoms with Crippen molar-refractivity contribution in [3.63, 3.8) is 0 Å². The molecule has 1 aliphatic heterocycles. The summed E-state index contributed by atoms with van der Waals surface area (Å²) in [6, 6.07) is 7.51. The summed E-state index contributed by atoms with van der Waals surface area (Å²) in [5.41, 5.74) is 13.8. The number of aromatic nitrogens is 4. The molecule has 0 spiro atoms. The molecule has 212 valence electrons. The molecule has 0 radical (unpaired) electrons. The van der Waals surface area contributed by atoms with Crippen molar-refractivity contribution in [2.75, 3.05) is 25.6 Å². The topological polar surface area (TPSA) is 210 Å². The van der Waals surface area contributed by atoms with Crippen LogP contribution in [0.15, 0.2) is 41.8 Å². The van der Waals surface area contributed by atoms with Crippen molar-refractivity contribution in [2.24, 2.45) is 5.11 Å². The molecule has 3 heterocycles. The first-order valence-corrected chi connectivity index (χ1v) is 12.7. The maximum absolute atomic E-state index is 13.3. The summed E-state index contributed by atoms with van der Waals surface area (Å²) >= 11 is 5.96. The maximum Gasteiger partial charge on any atom is 0.350 e. The number of carbonyl (C=O) groups excluding carboxylic acids is 2. The molecule has 1 fully saturated rings. The van der Waals surface area contributed by atoms with E-state index in [0.717, 1.165) is 0 Å². The summed E-state index contributed by atoms with van der Waals surface area (Å²) in [6.45, 7) is 2.66. The summed E-state index contributed by atoms with van der Waals surface area (Å²) in [5.74, 6) is -1.91. The molecule has 1 aliphatic rings. The number of ether oxygens (including phenoxy) is 4. The van der Waals surface area contributed by atoms with Crippen LogP contribution in [0, 0.1) is 0 Å². The van der Waals surface area contributed by atoms with E-state index < -0.39 is 48.6 Å². The Balaban J connectivity index is 1.68. The van der Waals surface area contributed by atoms with Crippen LogP contribution in [-0.4, -0.2) is 80.2 Å². The fraction of sp³-hybridized carbons (Fsp3) is 0.458. The second-order valence-electron chi connectivity index (χ2n) is 8.69. The van der Waals surface area contributed by atoms with Gasteiger partial charge in [-0.15, -0.1) is 0 Å². The number of nitrogens with zero attached hydrogens (tertiary/aromatic N) is 7. The predicted octanol–water partition coefficient (Wildman–Crippen LogP) is 2.12. The number of hydrogen-bond donors (Lipinski definition) is 2. The fourth-order valence-corrected chi connectivity index (χ4v) is 4.57. The van der Waals surface area contributed by atoms with Crippen molar-refractivity contribution in [1.82, 2.24) is 19.5 Å². The third kappa shape index (κ3) is 5.64. The molecule has 0 aliphatic carbocycles. The molecule has 3 aromatic rings. The van der Waals surface area contributed by atoms with Crippen LogP contribution in [0.2, 0.25) is 5.28 Å². The zero-order valence-corrected chi connectivity index (χ0v) is 22.3. The van der Waals surface area contributed by atoms with Gasteiger partial charge < -0.3 is 29.8 Å². The van der Waals surface area contributed by atoms with Crippen LogP contribution in [0.1, 0.15) is 25.6 Å². The number of esters is 2. The molecular formula is C24H27ClN8O7. The number of carbonyl (C=O) groups is 2. The van der Waals surface area contributed by atoms with E-state index in [1.807, 2.05) is 0 Å². The Hall–Kier alpha value is -4.01. The van der Waals surface area contributed by atoms with Gasteiger partial charge >= 0.3 is 11.9 Å². The number of imidazole rings is 1. The standard InChI is InChI=1S/C24H27ClN8O7/c1-3-37-21(35)24(22(36)38-4-2,10-13-8-6-5-7-9-13)39-11-14-15(31-32-27)17(34)20(40-14)33-12-28-16-18(26)29-23(25)30-19(16)33/h5-9,12,14-15,17,20,34H,3-4,10-11H2,1-2H3,(H2,26,29,30)/t14-,15?,17-,20-/m1/s1. The van der Waals surface area contributed by atoms with Gasteiger partial charge in [0.15, 0.2) is 17.7 Å². The van der Waals surface area contributed by atoms with Crippen LogP contribution in [0.25, 0.3) is 21.6 Å². The van der Waals surface area contributed by atoms with Crippen LogP contribution in [0.3, 0.4) is 0 Å². The number of hydrogen-bond acceptors (Lipinski definition) is 12. The van der Waals surface area contributed by atoms with Crippen molar-refractivity contribution in [1.29, 1.82) is 0 Å². The van der Waals surface area contributed by atoms with E-state index >= 15 is 0 Å². The van der Waals surface area contributed by atoms with Crippen LogP contribution in [-0.2, 0) is 35.0 Å². The Morgan fingerprint density at radius 2 is 1.90 bits per heavy atom. The first kappa shape index (κ1) is 29.0. The zero-order chi connectivity index (χ0) is 28.9. The molecule has 1 aromatic carbocycles. The van der Waals surface area contributed by atoms with E-state index in [1.165, 1.54) is 10.9 Å². The maximum atomic E-state index is 13.3. The van der Waals surface area contributed by atoms with E-state index in [9.17, 15) is 20.2 Å². The molecule has 1 unspecified atom stereocenters. The lowest BCUT2D eigenvalue weighted by atomic mass is 9.93. The number of fused-ring (bicyclic) bond motifs is 1. The molecule has 40 heavy (non-hydrogen) atoms. The third-order valence-electron chi connectivity index (χ3n) is 6.22. The average Bonchev–Trinajstić information content (AvgIpc) is 3.48. The second-order valence-corrected chi connectivity index (χ2v) is 9.03. The number of aliphatic hydroxyl groups excluding tert-OH is 1. The lowest BCUT2D eigenvalue weighted by Gasteiger charge is -2.31. The van der Waals surface area contributed by atoms with E-state index in [1.54, 1.807) is 44.2 Å². The van der Waals surface area contributed by atoms with E-state index in [4.69, 9.17) is 36.3 Å². The fourth-order valence-electron chi connectivity index (χ4n) is 4.40. The summed E-state index contributed by atoms with van der Waals surface area (Å²) < 4.78 is 23.8. The van der Waals surface area contributed by atoms with E-state index in [0.29, 0.717) is 5.56 Å². The minimum atomic E-state index is -2.21.